The maximum absolute atomic E-state index is 13.6. The lowest BCUT2D eigenvalue weighted by atomic mass is 10.1. The third-order valence-electron chi connectivity index (χ3n) is 5.92. The molecule has 0 radical (unpaired) electrons. The van der Waals surface area contributed by atoms with Crippen molar-refractivity contribution in [2.24, 2.45) is 0 Å². The van der Waals surface area contributed by atoms with Gasteiger partial charge in [0.2, 0.25) is 0 Å². The second kappa shape index (κ2) is 10.9. The zero-order valence-electron chi connectivity index (χ0n) is 20.8. The fraction of sp³-hybridized carbons (Fsp3) is 0.269. The van der Waals surface area contributed by atoms with E-state index in [0.717, 1.165) is 24.3 Å². The predicted octanol–water partition coefficient (Wildman–Crippen LogP) is 5.87. The fourth-order valence-electron chi connectivity index (χ4n) is 3.93. The molecule has 3 aromatic rings. The van der Waals surface area contributed by atoms with Crippen LogP contribution in [0.15, 0.2) is 65.6 Å². The van der Waals surface area contributed by atoms with Gasteiger partial charge in [-0.25, -0.2) is 13.2 Å². The van der Waals surface area contributed by atoms with E-state index in [4.69, 9.17) is 21.1 Å². The molecule has 1 fully saturated rings. The number of sulfonamides is 1. The standard InChI is InChI=1S/C26H24ClF3N2O6S/c1-25(10-11-31-15-25)38-23-13-17(6-8-20(23)26(28,29)30)32-39(34,35)19-7-9-22(21(27)14-19)37-18-5-3-4-16(12-18)24(33)36-2/h3-9,12-14,31-32H,10-11,15H2,1-2H3/t25-/m1/s1. The van der Waals surface area contributed by atoms with E-state index in [0.29, 0.717) is 19.5 Å². The number of rotatable bonds is 8. The number of anilines is 1. The van der Waals surface area contributed by atoms with Gasteiger partial charge in [0, 0.05) is 19.0 Å². The number of hydrogen-bond acceptors (Lipinski definition) is 7. The second-order valence-electron chi connectivity index (χ2n) is 9.01. The van der Waals surface area contributed by atoms with E-state index in [1.807, 2.05) is 0 Å². The molecule has 1 saturated heterocycles. The van der Waals surface area contributed by atoms with Gasteiger partial charge in [-0.3, -0.25) is 4.72 Å². The Morgan fingerprint density at radius 1 is 1.08 bits per heavy atom. The molecule has 0 amide bonds. The Labute approximate surface area is 228 Å². The van der Waals surface area contributed by atoms with Crippen LogP contribution in [0.4, 0.5) is 18.9 Å². The van der Waals surface area contributed by atoms with Crippen molar-refractivity contribution in [3.63, 3.8) is 0 Å². The Morgan fingerprint density at radius 2 is 1.85 bits per heavy atom. The van der Waals surface area contributed by atoms with Crippen molar-refractivity contribution in [2.75, 3.05) is 24.9 Å². The Balaban J connectivity index is 1.57. The van der Waals surface area contributed by atoms with Crippen molar-refractivity contribution in [2.45, 2.75) is 30.0 Å². The summed E-state index contributed by atoms with van der Waals surface area (Å²) in [6.45, 7) is 2.61. The number of esters is 1. The van der Waals surface area contributed by atoms with Gasteiger partial charge >= 0.3 is 12.1 Å². The molecule has 39 heavy (non-hydrogen) atoms. The van der Waals surface area contributed by atoms with E-state index < -0.39 is 39.1 Å². The molecule has 1 heterocycles. The van der Waals surface area contributed by atoms with Crippen molar-refractivity contribution in [3.05, 3.63) is 76.8 Å². The third kappa shape index (κ3) is 6.75. The van der Waals surface area contributed by atoms with Crippen molar-refractivity contribution in [1.29, 1.82) is 0 Å². The summed E-state index contributed by atoms with van der Waals surface area (Å²) < 4.78 is 85.3. The van der Waals surface area contributed by atoms with Crippen LogP contribution in [0.1, 0.15) is 29.3 Å². The summed E-state index contributed by atoms with van der Waals surface area (Å²) in [6, 6.07) is 12.6. The number of halogens is 4. The van der Waals surface area contributed by atoms with Gasteiger partial charge in [-0.05, 0) is 62.0 Å². The van der Waals surface area contributed by atoms with Crippen LogP contribution in [0.5, 0.6) is 17.2 Å². The SMILES string of the molecule is COC(=O)c1cccc(Oc2ccc(S(=O)(=O)Nc3ccc(C(F)(F)F)c(O[C@]4(C)CCNC4)c3)cc2Cl)c1. The highest BCUT2D eigenvalue weighted by molar-refractivity contribution is 7.92. The molecule has 3 aromatic carbocycles. The van der Waals surface area contributed by atoms with E-state index in [1.165, 1.54) is 31.4 Å². The second-order valence-corrected chi connectivity index (χ2v) is 11.1. The maximum atomic E-state index is 13.6. The molecule has 0 aliphatic carbocycles. The molecule has 0 unspecified atom stereocenters. The Kier molecular flexibility index (Phi) is 8.01. The van der Waals surface area contributed by atoms with Gasteiger partial charge in [-0.2, -0.15) is 13.2 Å². The molecule has 208 valence electrons. The molecule has 8 nitrogen and oxygen atoms in total. The molecule has 4 rings (SSSR count). The summed E-state index contributed by atoms with van der Waals surface area (Å²) in [6.07, 6.45) is -4.21. The minimum Gasteiger partial charge on any atom is -0.485 e. The monoisotopic (exact) mass is 584 g/mol. The molecule has 2 N–H and O–H groups in total. The predicted molar refractivity (Wildman–Crippen MR) is 138 cm³/mol. The summed E-state index contributed by atoms with van der Waals surface area (Å²) in [4.78, 5) is 11.5. The molecule has 1 aliphatic heterocycles. The van der Waals surface area contributed by atoms with Crippen LogP contribution < -0.4 is 19.5 Å². The van der Waals surface area contributed by atoms with Gasteiger partial charge in [0.05, 0.1) is 33.8 Å². The molecule has 0 saturated carbocycles. The maximum Gasteiger partial charge on any atom is 0.419 e. The average molecular weight is 585 g/mol. The first-order valence-corrected chi connectivity index (χ1v) is 13.5. The van der Waals surface area contributed by atoms with Gasteiger partial charge < -0.3 is 19.5 Å². The molecular formula is C26H24ClF3N2O6S. The number of alkyl halides is 3. The number of carbonyl (C=O) groups is 1. The summed E-state index contributed by atoms with van der Waals surface area (Å²) in [5.41, 5.74) is -1.77. The van der Waals surface area contributed by atoms with Crippen molar-refractivity contribution in [3.8, 4) is 17.2 Å². The topological polar surface area (TPSA) is 103 Å². The van der Waals surface area contributed by atoms with Gasteiger partial charge in [-0.1, -0.05) is 17.7 Å². The van der Waals surface area contributed by atoms with Gasteiger partial charge in [0.1, 0.15) is 22.8 Å². The quantitative estimate of drug-likeness (QED) is 0.319. The molecular weight excluding hydrogens is 561 g/mol. The molecule has 0 spiro atoms. The average Bonchev–Trinajstić information content (AvgIpc) is 3.29. The van der Waals surface area contributed by atoms with Gasteiger partial charge in [-0.15, -0.1) is 0 Å². The van der Waals surface area contributed by atoms with E-state index in [9.17, 15) is 26.4 Å². The number of carbonyl (C=O) groups excluding carboxylic acids is 1. The smallest absolute Gasteiger partial charge is 0.419 e. The van der Waals surface area contributed by atoms with Crippen LogP contribution in [-0.4, -0.2) is 40.2 Å². The number of nitrogens with one attached hydrogen (secondary N) is 2. The molecule has 13 heteroatoms. The number of benzene rings is 3. The van der Waals surface area contributed by atoms with Crippen molar-refractivity contribution in [1.82, 2.24) is 5.32 Å². The lowest BCUT2D eigenvalue weighted by Crippen LogP contribution is -2.35. The van der Waals surface area contributed by atoms with Crippen LogP contribution in [0.3, 0.4) is 0 Å². The first kappa shape index (κ1) is 28.5. The van der Waals surface area contributed by atoms with Gasteiger partial charge in [0.25, 0.3) is 10.0 Å². The van der Waals surface area contributed by atoms with Crippen LogP contribution in [0, 0.1) is 0 Å². The largest absolute Gasteiger partial charge is 0.485 e. The number of hydrogen-bond donors (Lipinski definition) is 2. The molecule has 0 aromatic heterocycles. The van der Waals surface area contributed by atoms with E-state index in [2.05, 4.69) is 14.8 Å². The Hall–Kier alpha value is -3.48. The summed E-state index contributed by atoms with van der Waals surface area (Å²) >= 11 is 6.26. The van der Waals surface area contributed by atoms with Crippen LogP contribution >= 0.6 is 11.6 Å². The third-order valence-corrected chi connectivity index (χ3v) is 7.60. The first-order valence-electron chi connectivity index (χ1n) is 11.6. The fourth-order valence-corrected chi connectivity index (χ4v) is 5.29. The number of ether oxygens (including phenoxy) is 3. The van der Waals surface area contributed by atoms with E-state index in [-0.39, 0.29) is 32.7 Å². The molecule has 1 aliphatic rings. The van der Waals surface area contributed by atoms with Gasteiger partial charge in [0.15, 0.2) is 0 Å². The normalized spacial score (nSPS) is 17.5. The zero-order chi connectivity index (χ0) is 28.4. The summed E-state index contributed by atoms with van der Waals surface area (Å²) in [5, 5.41) is 2.98. The highest BCUT2D eigenvalue weighted by atomic mass is 35.5. The molecule has 0 bridgehead atoms. The Morgan fingerprint density at radius 3 is 2.49 bits per heavy atom. The minimum absolute atomic E-state index is 0.0561. The zero-order valence-corrected chi connectivity index (χ0v) is 22.3. The molecule has 1 atom stereocenters. The van der Waals surface area contributed by atoms with Crippen molar-refractivity contribution >= 4 is 33.3 Å². The van der Waals surface area contributed by atoms with Crippen molar-refractivity contribution < 1.29 is 40.6 Å². The summed E-state index contributed by atoms with van der Waals surface area (Å²) in [7, 11) is -3.01. The van der Waals surface area contributed by atoms with E-state index in [1.54, 1.807) is 19.1 Å². The van der Waals surface area contributed by atoms with E-state index >= 15 is 0 Å². The lowest BCUT2D eigenvalue weighted by molar-refractivity contribution is -0.139. The first-order chi connectivity index (χ1) is 18.3. The Bertz CT molecular complexity index is 1490. The van der Waals surface area contributed by atoms with Crippen LogP contribution in [0.2, 0.25) is 5.02 Å². The van der Waals surface area contributed by atoms with Crippen LogP contribution in [0.25, 0.3) is 0 Å². The van der Waals surface area contributed by atoms with Crippen LogP contribution in [-0.2, 0) is 20.9 Å². The number of methoxy groups -OCH3 is 1. The summed E-state index contributed by atoms with van der Waals surface area (Å²) in [5.74, 6) is -0.673. The highest BCUT2D eigenvalue weighted by Crippen LogP contribution is 2.40. The highest BCUT2D eigenvalue weighted by Gasteiger charge is 2.38. The lowest BCUT2D eigenvalue weighted by Gasteiger charge is -2.27. The minimum atomic E-state index is -4.70.